The monoisotopic (exact) mass is 764 g/mol. The summed E-state index contributed by atoms with van der Waals surface area (Å²) in [6, 6.07) is 38.0. The van der Waals surface area contributed by atoms with Gasteiger partial charge in [-0.25, -0.2) is 9.59 Å². The van der Waals surface area contributed by atoms with Crippen molar-refractivity contribution in [2.24, 2.45) is 0 Å². The van der Waals surface area contributed by atoms with E-state index in [0.717, 1.165) is 60.2 Å². The highest BCUT2D eigenvalue weighted by molar-refractivity contribution is 7.99. The van der Waals surface area contributed by atoms with E-state index in [1.54, 1.807) is 23.5 Å². The van der Waals surface area contributed by atoms with Gasteiger partial charge in [0.25, 0.3) is 0 Å². The second-order valence-electron chi connectivity index (χ2n) is 11.9. The van der Waals surface area contributed by atoms with Gasteiger partial charge in [-0.3, -0.25) is 0 Å². The fourth-order valence-electron chi connectivity index (χ4n) is 4.85. The highest BCUT2D eigenvalue weighted by atomic mass is 32.2. The van der Waals surface area contributed by atoms with E-state index in [4.69, 9.17) is 18.9 Å². The first-order chi connectivity index (χ1) is 26.9. The van der Waals surface area contributed by atoms with E-state index in [1.165, 1.54) is 12.2 Å². The van der Waals surface area contributed by atoms with Crippen LogP contribution in [0.25, 0.3) is 0 Å². The summed E-state index contributed by atoms with van der Waals surface area (Å²) in [6.07, 6.45) is 2.33. The zero-order valence-corrected chi connectivity index (χ0v) is 32.2. The van der Waals surface area contributed by atoms with E-state index < -0.39 is 11.9 Å². The van der Waals surface area contributed by atoms with Crippen LogP contribution in [0.1, 0.15) is 38.9 Å². The molecule has 0 heterocycles. The molecule has 0 bridgehead atoms. The molecule has 0 fully saturated rings. The number of rotatable bonds is 16. The molecule has 0 aliphatic heterocycles. The Hall–Kier alpha value is -6.06. The van der Waals surface area contributed by atoms with Gasteiger partial charge in [-0.15, -0.1) is 23.5 Å². The highest BCUT2D eigenvalue weighted by Crippen LogP contribution is 2.25. The minimum Gasteiger partial charge on any atom is -0.489 e. The molecule has 0 amide bonds. The van der Waals surface area contributed by atoms with Crippen LogP contribution in [-0.2, 0) is 32.3 Å². The highest BCUT2D eigenvalue weighted by Gasteiger charge is 2.05. The van der Waals surface area contributed by atoms with Crippen molar-refractivity contribution in [3.8, 4) is 35.2 Å². The molecular formula is C47H40O6S2. The molecule has 0 aliphatic rings. The summed E-state index contributed by atoms with van der Waals surface area (Å²) in [5, 5.41) is 0. The van der Waals surface area contributed by atoms with Gasteiger partial charge in [0.2, 0.25) is 0 Å². The number of esters is 2. The second kappa shape index (κ2) is 21.6. The maximum Gasteiger partial charge on any atom is 0.330 e. The van der Waals surface area contributed by atoms with Crippen molar-refractivity contribution in [1.29, 1.82) is 0 Å². The van der Waals surface area contributed by atoms with Crippen LogP contribution in [0.4, 0.5) is 0 Å². The lowest BCUT2D eigenvalue weighted by Crippen LogP contribution is -2.03. The average Bonchev–Trinajstić information content (AvgIpc) is 3.22. The minimum atomic E-state index is -0.405. The van der Waals surface area contributed by atoms with Crippen molar-refractivity contribution >= 4 is 35.5 Å². The first kappa shape index (κ1) is 40.1. The molecule has 0 aromatic heterocycles. The average molecular weight is 765 g/mol. The Balaban J connectivity index is 1.02. The van der Waals surface area contributed by atoms with Crippen molar-refractivity contribution in [3.63, 3.8) is 0 Å². The maximum atomic E-state index is 11.1. The fraction of sp³-hybridized carbons (Fsp3) is 0.149. The summed E-state index contributed by atoms with van der Waals surface area (Å²) >= 11 is 3.23. The smallest absolute Gasteiger partial charge is 0.330 e. The molecule has 0 spiro atoms. The van der Waals surface area contributed by atoms with Crippen LogP contribution >= 0.6 is 23.5 Å². The molecule has 0 aliphatic carbocycles. The van der Waals surface area contributed by atoms with Crippen LogP contribution < -0.4 is 9.47 Å². The van der Waals surface area contributed by atoms with Gasteiger partial charge in [0.15, 0.2) is 0 Å². The third-order valence-electron chi connectivity index (χ3n) is 7.79. The van der Waals surface area contributed by atoms with Crippen molar-refractivity contribution in [3.05, 3.63) is 180 Å². The van der Waals surface area contributed by atoms with E-state index >= 15 is 0 Å². The summed E-state index contributed by atoms with van der Waals surface area (Å²) < 4.78 is 22.2. The van der Waals surface area contributed by atoms with Crippen LogP contribution in [-0.4, -0.2) is 36.7 Å². The lowest BCUT2D eigenvalue weighted by Gasteiger charge is -2.12. The van der Waals surface area contributed by atoms with Crippen molar-refractivity contribution < 1.29 is 28.5 Å². The first-order valence-corrected chi connectivity index (χ1v) is 19.5. The van der Waals surface area contributed by atoms with E-state index in [0.29, 0.717) is 37.9 Å². The van der Waals surface area contributed by atoms with Gasteiger partial charge in [0.05, 0.1) is 0 Å². The SMILES string of the molecule is C=CC(=O)OCCSc1ccc(C#Cc2ccc(COc3ccc(OCc4ccc(C#Cc5ccc(SCCOC(=O)C=C)cc5)cc4)c(C)c3)cc2)cc1. The van der Waals surface area contributed by atoms with Crippen LogP contribution in [0.5, 0.6) is 11.5 Å². The van der Waals surface area contributed by atoms with Crippen LogP contribution in [0, 0.1) is 30.6 Å². The van der Waals surface area contributed by atoms with Crippen molar-refractivity contribution in [2.45, 2.75) is 29.9 Å². The summed E-state index contributed by atoms with van der Waals surface area (Å²) in [5.74, 6) is 15.0. The number of hydrogen-bond donors (Lipinski definition) is 0. The molecule has 0 N–H and O–H groups in total. The van der Waals surface area contributed by atoms with Gasteiger partial charge in [-0.2, -0.15) is 0 Å². The minimum absolute atomic E-state index is 0.343. The van der Waals surface area contributed by atoms with E-state index in [9.17, 15) is 9.59 Å². The lowest BCUT2D eigenvalue weighted by atomic mass is 10.1. The third kappa shape index (κ3) is 14.0. The quantitative estimate of drug-likeness (QED) is 0.0324. The van der Waals surface area contributed by atoms with Gasteiger partial charge >= 0.3 is 11.9 Å². The Bertz CT molecular complexity index is 2190. The van der Waals surface area contributed by atoms with Gasteiger partial charge in [-0.1, -0.05) is 61.1 Å². The van der Waals surface area contributed by atoms with Crippen LogP contribution in [0.15, 0.2) is 150 Å². The lowest BCUT2D eigenvalue weighted by molar-refractivity contribution is -0.138. The Morgan fingerprint density at radius 3 is 1.36 bits per heavy atom. The van der Waals surface area contributed by atoms with Crippen molar-refractivity contribution in [2.75, 3.05) is 24.7 Å². The Morgan fingerprint density at radius 2 is 0.964 bits per heavy atom. The number of thioether (sulfide) groups is 2. The molecule has 5 rings (SSSR count). The second-order valence-corrected chi connectivity index (χ2v) is 14.2. The molecule has 0 radical (unpaired) electrons. The number of benzene rings is 5. The van der Waals surface area contributed by atoms with E-state index in [1.807, 2.05) is 122 Å². The number of aryl methyl sites for hydroxylation is 1. The molecule has 5 aromatic rings. The van der Waals surface area contributed by atoms with Crippen molar-refractivity contribution in [1.82, 2.24) is 0 Å². The molecule has 0 atom stereocenters. The summed E-state index contributed by atoms with van der Waals surface area (Å²) in [7, 11) is 0. The van der Waals surface area contributed by atoms with Crippen LogP contribution in [0.3, 0.4) is 0 Å². The Kier molecular flexibility index (Phi) is 15.8. The molecule has 8 heteroatoms. The fourth-order valence-corrected chi connectivity index (χ4v) is 6.31. The van der Waals surface area contributed by atoms with E-state index in [-0.39, 0.29) is 0 Å². The predicted octanol–water partition coefficient (Wildman–Crippen LogP) is 9.60. The van der Waals surface area contributed by atoms with Gasteiger partial charge in [0.1, 0.15) is 37.9 Å². The summed E-state index contributed by atoms with van der Waals surface area (Å²) in [5.41, 5.74) is 6.79. The Morgan fingerprint density at radius 1 is 0.564 bits per heavy atom. The number of ether oxygens (including phenoxy) is 4. The van der Waals surface area contributed by atoms with Crippen LogP contribution in [0.2, 0.25) is 0 Å². The molecule has 0 saturated carbocycles. The molecule has 0 saturated heterocycles. The summed E-state index contributed by atoms with van der Waals surface area (Å²) in [4.78, 5) is 24.4. The topological polar surface area (TPSA) is 71.1 Å². The Labute approximate surface area is 332 Å². The normalized spacial score (nSPS) is 10.1. The molecule has 55 heavy (non-hydrogen) atoms. The molecule has 5 aromatic carbocycles. The molecule has 6 nitrogen and oxygen atoms in total. The predicted molar refractivity (Wildman–Crippen MR) is 221 cm³/mol. The maximum absolute atomic E-state index is 11.1. The zero-order chi connectivity index (χ0) is 38.7. The standard InChI is InChI=1S/C47H40O6S2/c1-4-46(48)50-28-30-54-43-23-18-38(19-24-43)8-6-36-10-14-40(15-11-36)33-52-42-22-27-45(35(3)32-42)53-34-41-16-12-37(13-17-41)7-9-39-20-25-44(26-21-39)55-31-29-51-47(49)5-2/h4-5,10-27,32H,1-2,28-31,33-34H2,3H3. The zero-order valence-electron chi connectivity index (χ0n) is 30.5. The van der Waals surface area contributed by atoms with Gasteiger partial charge < -0.3 is 18.9 Å². The first-order valence-electron chi connectivity index (χ1n) is 17.5. The number of carbonyl (C=O) groups excluding carboxylic acids is 2. The third-order valence-corrected chi connectivity index (χ3v) is 9.74. The van der Waals surface area contributed by atoms with E-state index in [2.05, 4.69) is 36.8 Å². The summed E-state index contributed by atoms with van der Waals surface area (Å²) in [6.45, 7) is 10.4. The molecular weight excluding hydrogens is 725 g/mol. The molecule has 276 valence electrons. The number of carbonyl (C=O) groups is 2. The largest absolute Gasteiger partial charge is 0.489 e. The van der Waals surface area contributed by atoms with Gasteiger partial charge in [-0.05, 0) is 115 Å². The molecule has 0 unspecified atom stereocenters. The van der Waals surface area contributed by atoms with Gasteiger partial charge in [0, 0.05) is 55.7 Å². The number of hydrogen-bond acceptors (Lipinski definition) is 8.